The van der Waals surface area contributed by atoms with Crippen molar-refractivity contribution in [3.63, 3.8) is 0 Å². The van der Waals surface area contributed by atoms with Gasteiger partial charge in [0.15, 0.2) is 0 Å². The number of hydrogen-bond acceptors (Lipinski definition) is 2. The molecule has 4 rings (SSSR count). The highest BCUT2D eigenvalue weighted by Gasteiger charge is 2.16. The summed E-state index contributed by atoms with van der Waals surface area (Å²) >= 11 is 6.37. The van der Waals surface area contributed by atoms with Gasteiger partial charge in [-0.05, 0) is 70.1 Å². The standard InChI is InChI=1S/C26H20ClFN2O2/c1-2-21(22-10-9-20(28)14-23(22)27)26(18-8-11-24-19(13-18)15-29-30-24)17-6-3-16(4-7-17)5-12-25(31)32/h3-15H,2H2,1H3,(H,29,30)(H,31,32)/i1D3,2D2. The van der Waals surface area contributed by atoms with Gasteiger partial charge in [-0.3, -0.25) is 5.10 Å². The molecule has 1 aromatic heterocycles. The van der Waals surface area contributed by atoms with E-state index in [0.717, 1.165) is 23.7 Å². The molecular formula is C26H20ClFN2O2. The molecule has 0 spiro atoms. The number of fused-ring (bicyclic) bond motifs is 1. The van der Waals surface area contributed by atoms with Crippen LogP contribution in [0.3, 0.4) is 0 Å². The van der Waals surface area contributed by atoms with Gasteiger partial charge in [0.25, 0.3) is 0 Å². The molecule has 0 bridgehead atoms. The van der Waals surface area contributed by atoms with Crippen molar-refractivity contribution in [1.29, 1.82) is 0 Å². The predicted molar refractivity (Wildman–Crippen MR) is 127 cm³/mol. The number of hydrogen-bond donors (Lipinski definition) is 2. The summed E-state index contributed by atoms with van der Waals surface area (Å²) in [4.78, 5) is 10.9. The van der Waals surface area contributed by atoms with E-state index >= 15 is 0 Å². The van der Waals surface area contributed by atoms with Gasteiger partial charge in [0, 0.05) is 18.3 Å². The fourth-order valence-electron chi connectivity index (χ4n) is 3.44. The molecule has 0 atom stereocenters. The monoisotopic (exact) mass is 451 g/mol. The summed E-state index contributed by atoms with van der Waals surface area (Å²) in [5.74, 6) is -1.77. The molecule has 0 aliphatic carbocycles. The molecule has 0 saturated heterocycles. The third-order valence-electron chi connectivity index (χ3n) is 4.92. The lowest BCUT2D eigenvalue weighted by molar-refractivity contribution is -0.131. The van der Waals surface area contributed by atoms with Crippen LogP contribution < -0.4 is 0 Å². The van der Waals surface area contributed by atoms with Crippen LogP contribution in [0.15, 0.2) is 72.9 Å². The first-order valence-corrected chi connectivity index (χ1v) is 9.91. The van der Waals surface area contributed by atoms with E-state index in [2.05, 4.69) is 10.2 Å². The van der Waals surface area contributed by atoms with Crippen molar-refractivity contribution in [3.8, 4) is 0 Å². The summed E-state index contributed by atoms with van der Waals surface area (Å²) in [6, 6.07) is 15.0. The Labute approximate surface area is 196 Å². The van der Waals surface area contributed by atoms with Gasteiger partial charge in [0.1, 0.15) is 5.82 Å². The average Bonchev–Trinajstić information content (AvgIpc) is 3.29. The second-order valence-electron chi connectivity index (χ2n) is 6.96. The molecule has 6 heteroatoms. The molecular weight excluding hydrogens is 427 g/mol. The third-order valence-corrected chi connectivity index (χ3v) is 5.23. The molecule has 0 fully saturated rings. The molecule has 0 radical (unpaired) electrons. The average molecular weight is 452 g/mol. The van der Waals surface area contributed by atoms with Crippen LogP contribution in [0.5, 0.6) is 0 Å². The maximum absolute atomic E-state index is 13.9. The minimum Gasteiger partial charge on any atom is -0.478 e. The summed E-state index contributed by atoms with van der Waals surface area (Å²) in [6.45, 7) is -3.10. The normalized spacial score (nSPS) is 15.5. The number of aliphatic carboxylic acids is 1. The summed E-state index contributed by atoms with van der Waals surface area (Å²) in [5.41, 5.74) is 2.22. The van der Waals surface area contributed by atoms with Gasteiger partial charge < -0.3 is 5.11 Å². The van der Waals surface area contributed by atoms with E-state index in [9.17, 15) is 9.18 Å². The van der Waals surface area contributed by atoms with E-state index in [1.807, 2.05) is 0 Å². The van der Waals surface area contributed by atoms with Crippen molar-refractivity contribution in [2.24, 2.45) is 0 Å². The molecule has 160 valence electrons. The zero-order valence-corrected chi connectivity index (χ0v) is 17.3. The molecule has 2 N–H and O–H groups in total. The lowest BCUT2D eigenvalue weighted by atomic mass is 9.87. The van der Waals surface area contributed by atoms with Crippen LogP contribution in [-0.2, 0) is 4.79 Å². The number of carboxylic acid groups (broad SMARTS) is 1. The van der Waals surface area contributed by atoms with Crippen LogP contribution in [-0.4, -0.2) is 21.3 Å². The summed E-state index contributed by atoms with van der Waals surface area (Å²) in [7, 11) is 0. The number of nitrogens with one attached hydrogen (secondary N) is 1. The first kappa shape index (κ1) is 16.0. The quantitative estimate of drug-likeness (QED) is 0.249. The van der Waals surface area contributed by atoms with Crippen LogP contribution in [0.25, 0.3) is 28.1 Å². The zero-order valence-electron chi connectivity index (χ0n) is 21.6. The maximum atomic E-state index is 13.9. The number of allylic oxidation sites excluding steroid dienone is 1. The second kappa shape index (κ2) is 9.20. The Morgan fingerprint density at radius 3 is 2.69 bits per heavy atom. The molecule has 0 saturated carbocycles. The summed E-state index contributed by atoms with van der Waals surface area (Å²) < 4.78 is 55.4. The fourth-order valence-corrected chi connectivity index (χ4v) is 3.70. The lowest BCUT2D eigenvalue weighted by Crippen LogP contribution is -1.96. The third kappa shape index (κ3) is 4.48. The predicted octanol–water partition coefficient (Wildman–Crippen LogP) is 6.82. The van der Waals surface area contributed by atoms with Crippen molar-refractivity contribution < 1.29 is 21.1 Å². The SMILES string of the molecule is [2H]C([2H])([2H])C([2H])([2H])C(=C(c1ccc(C=CC(=O)O)cc1)c1ccc2[nH]ncc2c1)c1ccc(F)cc1Cl. The van der Waals surface area contributed by atoms with E-state index in [-0.39, 0.29) is 21.7 Å². The second-order valence-corrected chi connectivity index (χ2v) is 7.37. The highest BCUT2D eigenvalue weighted by Crippen LogP contribution is 2.38. The van der Waals surface area contributed by atoms with Crippen LogP contribution in [0.1, 0.15) is 42.3 Å². The number of benzene rings is 3. The molecule has 0 aliphatic heterocycles. The van der Waals surface area contributed by atoms with Crippen molar-refractivity contribution in [3.05, 3.63) is 106 Å². The highest BCUT2D eigenvalue weighted by molar-refractivity contribution is 6.32. The lowest BCUT2D eigenvalue weighted by Gasteiger charge is -2.17. The van der Waals surface area contributed by atoms with Gasteiger partial charge >= 0.3 is 5.97 Å². The first-order chi connectivity index (χ1) is 17.4. The van der Waals surface area contributed by atoms with Crippen LogP contribution in [0.2, 0.25) is 5.02 Å². The Balaban J connectivity index is 2.10. The van der Waals surface area contributed by atoms with E-state index in [1.165, 1.54) is 12.1 Å². The van der Waals surface area contributed by atoms with Gasteiger partial charge in [-0.2, -0.15) is 5.10 Å². The number of H-pyrrole nitrogens is 1. The molecule has 32 heavy (non-hydrogen) atoms. The van der Waals surface area contributed by atoms with Crippen LogP contribution >= 0.6 is 11.6 Å². The van der Waals surface area contributed by atoms with Gasteiger partial charge in [-0.25, -0.2) is 9.18 Å². The highest BCUT2D eigenvalue weighted by atomic mass is 35.5. The smallest absolute Gasteiger partial charge is 0.328 e. The summed E-state index contributed by atoms with van der Waals surface area (Å²) in [6.07, 6.45) is 1.05. The maximum Gasteiger partial charge on any atom is 0.328 e. The van der Waals surface area contributed by atoms with E-state index in [0.29, 0.717) is 22.1 Å². The first-order valence-electron chi connectivity index (χ1n) is 12.0. The van der Waals surface area contributed by atoms with Crippen molar-refractivity contribution in [2.75, 3.05) is 0 Å². The van der Waals surface area contributed by atoms with Gasteiger partial charge in [0.2, 0.25) is 0 Å². The molecule has 4 nitrogen and oxygen atoms in total. The molecule has 4 aromatic rings. The number of halogens is 2. The molecule has 0 amide bonds. The van der Waals surface area contributed by atoms with Crippen molar-refractivity contribution >= 4 is 45.7 Å². The Morgan fingerprint density at radius 1 is 1.19 bits per heavy atom. The van der Waals surface area contributed by atoms with Crippen LogP contribution in [0.4, 0.5) is 4.39 Å². The topological polar surface area (TPSA) is 66.0 Å². The largest absolute Gasteiger partial charge is 0.478 e. The van der Waals surface area contributed by atoms with E-state index < -0.39 is 25.0 Å². The van der Waals surface area contributed by atoms with E-state index in [1.54, 1.807) is 48.7 Å². The number of carboxylic acids is 1. The Bertz CT molecular complexity index is 1540. The van der Waals surface area contributed by atoms with Gasteiger partial charge in [0.05, 0.1) is 16.7 Å². The van der Waals surface area contributed by atoms with Gasteiger partial charge in [-0.15, -0.1) is 0 Å². The van der Waals surface area contributed by atoms with Crippen LogP contribution in [0, 0.1) is 5.82 Å². The van der Waals surface area contributed by atoms with E-state index in [4.69, 9.17) is 23.6 Å². The van der Waals surface area contributed by atoms with Gasteiger partial charge in [-0.1, -0.05) is 54.9 Å². The van der Waals surface area contributed by atoms with Crippen molar-refractivity contribution in [1.82, 2.24) is 10.2 Å². The zero-order chi connectivity index (χ0) is 27.0. The number of rotatable bonds is 6. The molecule has 0 unspecified atom stereocenters. The Morgan fingerprint density at radius 2 is 1.97 bits per heavy atom. The number of aromatic nitrogens is 2. The molecule has 0 aliphatic rings. The fraction of sp³-hybridized carbons (Fsp3) is 0.0769. The number of carbonyl (C=O) groups is 1. The molecule has 3 aromatic carbocycles. The summed E-state index contributed by atoms with van der Waals surface area (Å²) in [5, 5.41) is 16.3. The minimum absolute atomic E-state index is 0.0290. The van der Waals surface area contributed by atoms with Crippen molar-refractivity contribution in [2.45, 2.75) is 13.2 Å². The molecule has 1 heterocycles. The number of aromatic amines is 1. The number of nitrogens with zero attached hydrogens (tertiary/aromatic N) is 1. The Hall–Kier alpha value is -3.70. The Kier molecular flexibility index (Phi) is 4.60. The minimum atomic E-state index is -3.10.